The van der Waals surface area contributed by atoms with Crippen LogP contribution in [0.2, 0.25) is 0 Å². The Morgan fingerprint density at radius 2 is 1.78 bits per heavy atom. The van der Waals surface area contributed by atoms with E-state index in [4.69, 9.17) is 0 Å². The molecule has 8 heteroatoms. The SMILES string of the molecule is COCOC(c1cc(I)c(O)c(I)c1)C(F)(F)F. The molecule has 0 saturated carbocycles. The molecule has 1 aromatic rings. The van der Waals surface area contributed by atoms with E-state index in [-0.39, 0.29) is 11.3 Å². The van der Waals surface area contributed by atoms with Gasteiger partial charge in [0, 0.05) is 7.11 Å². The molecule has 1 aromatic carbocycles. The van der Waals surface area contributed by atoms with E-state index < -0.39 is 19.1 Å². The number of benzene rings is 1. The first-order valence-electron chi connectivity index (χ1n) is 4.62. The topological polar surface area (TPSA) is 38.7 Å². The van der Waals surface area contributed by atoms with Gasteiger partial charge in [-0.25, -0.2) is 0 Å². The van der Waals surface area contributed by atoms with E-state index in [2.05, 4.69) is 9.47 Å². The highest BCUT2D eigenvalue weighted by molar-refractivity contribution is 14.1. The fraction of sp³-hybridized carbons (Fsp3) is 0.400. The molecule has 0 fully saturated rings. The number of phenols is 1. The predicted octanol–water partition coefficient (Wildman–Crippen LogP) is 3.83. The smallest absolute Gasteiger partial charge is 0.418 e. The molecule has 1 N–H and O–H groups in total. The van der Waals surface area contributed by atoms with E-state index in [1.807, 2.05) is 0 Å². The van der Waals surface area contributed by atoms with Gasteiger partial charge < -0.3 is 14.6 Å². The van der Waals surface area contributed by atoms with Crippen LogP contribution in [0.5, 0.6) is 5.75 Å². The first-order chi connectivity index (χ1) is 8.27. The molecule has 0 radical (unpaired) electrons. The summed E-state index contributed by atoms with van der Waals surface area (Å²) in [7, 11) is 1.25. The van der Waals surface area contributed by atoms with E-state index in [0.29, 0.717) is 7.14 Å². The van der Waals surface area contributed by atoms with Gasteiger partial charge in [-0.3, -0.25) is 0 Å². The Morgan fingerprint density at radius 3 is 2.17 bits per heavy atom. The molecule has 18 heavy (non-hydrogen) atoms. The fourth-order valence-corrected chi connectivity index (χ4v) is 3.07. The van der Waals surface area contributed by atoms with Crippen molar-refractivity contribution in [2.24, 2.45) is 0 Å². The number of methoxy groups -OCH3 is 1. The van der Waals surface area contributed by atoms with Crippen molar-refractivity contribution in [3.8, 4) is 5.75 Å². The number of rotatable bonds is 4. The lowest BCUT2D eigenvalue weighted by Gasteiger charge is -2.21. The van der Waals surface area contributed by atoms with Crippen LogP contribution in [0.3, 0.4) is 0 Å². The van der Waals surface area contributed by atoms with Crippen molar-refractivity contribution in [3.05, 3.63) is 24.8 Å². The lowest BCUT2D eigenvalue weighted by atomic mass is 10.1. The Kier molecular flexibility index (Phi) is 5.93. The number of alkyl halides is 3. The summed E-state index contributed by atoms with van der Waals surface area (Å²) >= 11 is 3.53. The summed E-state index contributed by atoms with van der Waals surface area (Å²) in [5.41, 5.74) is -0.0637. The Balaban J connectivity index is 3.13. The highest BCUT2D eigenvalue weighted by atomic mass is 127. The average Bonchev–Trinajstić information content (AvgIpc) is 2.24. The Hall–Kier alpha value is 0.190. The van der Waals surface area contributed by atoms with Gasteiger partial charge in [0.2, 0.25) is 0 Å². The third-order valence-corrected chi connectivity index (χ3v) is 3.64. The summed E-state index contributed by atoms with van der Waals surface area (Å²) < 4.78 is 48.4. The molecule has 0 bridgehead atoms. The van der Waals surface area contributed by atoms with Gasteiger partial charge in [0.25, 0.3) is 0 Å². The van der Waals surface area contributed by atoms with Crippen molar-refractivity contribution >= 4 is 45.2 Å². The molecular weight excluding hydrogens is 479 g/mol. The van der Waals surface area contributed by atoms with E-state index in [1.54, 1.807) is 45.2 Å². The van der Waals surface area contributed by atoms with Gasteiger partial charge in [0.1, 0.15) is 12.5 Å². The quantitative estimate of drug-likeness (QED) is 0.518. The Labute approximate surface area is 129 Å². The second-order valence-electron chi connectivity index (χ2n) is 3.33. The van der Waals surface area contributed by atoms with E-state index in [9.17, 15) is 18.3 Å². The number of halogens is 5. The van der Waals surface area contributed by atoms with Gasteiger partial charge in [-0.2, -0.15) is 13.2 Å². The third kappa shape index (κ3) is 4.10. The van der Waals surface area contributed by atoms with Crippen LogP contribution in [0.15, 0.2) is 12.1 Å². The van der Waals surface area contributed by atoms with E-state index >= 15 is 0 Å². The van der Waals surface area contributed by atoms with Crippen LogP contribution >= 0.6 is 45.2 Å². The summed E-state index contributed by atoms with van der Waals surface area (Å²) in [6, 6.07) is 2.48. The molecule has 1 rings (SSSR count). The Bertz CT molecular complexity index is 400. The molecule has 0 heterocycles. The second kappa shape index (κ2) is 6.57. The molecular formula is C10H9F3I2O3. The summed E-state index contributed by atoms with van der Waals surface area (Å²) in [6.07, 6.45) is -6.61. The summed E-state index contributed by atoms with van der Waals surface area (Å²) in [5.74, 6) is -0.0346. The number of aromatic hydroxyl groups is 1. The molecule has 0 aliphatic heterocycles. The van der Waals surface area contributed by atoms with Gasteiger partial charge in [0.05, 0.1) is 7.14 Å². The summed E-state index contributed by atoms with van der Waals surface area (Å²) in [6.45, 7) is -0.460. The molecule has 0 saturated heterocycles. The van der Waals surface area contributed by atoms with Gasteiger partial charge in [0.15, 0.2) is 6.10 Å². The maximum absolute atomic E-state index is 12.8. The maximum atomic E-state index is 12.8. The zero-order chi connectivity index (χ0) is 13.9. The molecule has 0 aliphatic rings. The molecule has 0 aromatic heterocycles. The van der Waals surface area contributed by atoms with Crippen molar-refractivity contribution in [2.45, 2.75) is 12.3 Å². The summed E-state index contributed by atoms with van der Waals surface area (Å²) in [5, 5.41) is 9.53. The number of hydrogen-bond donors (Lipinski definition) is 1. The first kappa shape index (κ1) is 16.2. The number of hydrogen-bond acceptors (Lipinski definition) is 3. The molecule has 0 spiro atoms. The van der Waals surface area contributed by atoms with E-state index in [0.717, 1.165) is 0 Å². The van der Waals surface area contributed by atoms with Crippen molar-refractivity contribution < 1.29 is 27.8 Å². The minimum absolute atomic E-state index is 0.0346. The van der Waals surface area contributed by atoms with Gasteiger partial charge in [-0.15, -0.1) is 0 Å². The minimum Gasteiger partial charge on any atom is -0.506 e. The minimum atomic E-state index is -4.54. The molecule has 3 nitrogen and oxygen atoms in total. The van der Waals surface area contributed by atoms with E-state index in [1.165, 1.54) is 19.2 Å². The third-order valence-electron chi connectivity index (χ3n) is 1.99. The van der Waals surface area contributed by atoms with Crippen LogP contribution in [0, 0.1) is 7.14 Å². The van der Waals surface area contributed by atoms with Gasteiger partial charge in [-0.05, 0) is 62.9 Å². The van der Waals surface area contributed by atoms with Crippen molar-refractivity contribution in [1.29, 1.82) is 0 Å². The van der Waals surface area contributed by atoms with Crippen molar-refractivity contribution in [2.75, 3.05) is 13.9 Å². The molecule has 102 valence electrons. The van der Waals surface area contributed by atoms with Crippen LogP contribution in [0.4, 0.5) is 13.2 Å². The lowest BCUT2D eigenvalue weighted by molar-refractivity contribution is -0.243. The summed E-state index contributed by atoms with van der Waals surface area (Å²) in [4.78, 5) is 0. The van der Waals surface area contributed by atoms with Gasteiger partial charge in [-0.1, -0.05) is 0 Å². The average molecular weight is 488 g/mol. The standard InChI is InChI=1S/C10H9F3I2O3/c1-17-4-18-9(10(11,12)13)5-2-6(14)8(16)7(15)3-5/h2-3,9,16H,4H2,1H3. The molecule has 1 unspecified atom stereocenters. The molecule has 1 atom stereocenters. The zero-order valence-corrected chi connectivity index (χ0v) is 13.4. The normalized spacial score (nSPS) is 13.7. The number of ether oxygens (including phenoxy) is 2. The monoisotopic (exact) mass is 488 g/mol. The predicted molar refractivity (Wildman–Crippen MR) is 75.3 cm³/mol. The highest BCUT2D eigenvalue weighted by Crippen LogP contribution is 2.39. The zero-order valence-electron chi connectivity index (χ0n) is 9.09. The number of phenolic OH excluding ortho intramolecular Hbond substituents is 1. The van der Waals surface area contributed by atoms with Crippen LogP contribution in [-0.2, 0) is 9.47 Å². The fourth-order valence-electron chi connectivity index (χ4n) is 1.25. The lowest BCUT2D eigenvalue weighted by Crippen LogP contribution is -2.24. The first-order valence-corrected chi connectivity index (χ1v) is 6.78. The van der Waals surface area contributed by atoms with Crippen molar-refractivity contribution in [3.63, 3.8) is 0 Å². The van der Waals surface area contributed by atoms with Crippen LogP contribution in [0.1, 0.15) is 11.7 Å². The van der Waals surface area contributed by atoms with Crippen molar-refractivity contribution in [1.82, 2.24) is 0 Å². The molecule has 0 aliphatic carbocycles. The van der Waals surface area contributed by atoms with Crippen LogP contribution < -0.4 is 0 Å². The van der Waals surface area contributed by atoms with Crippen LogP contribution in [0.25, 0.3) is 0 Å². The largest absolute Gasteiger partial charge is 0.506 e. The Morgan fingerprint density at radius 1 is 1.28 bits per heavy atom. The highest BCUT2D eigenvalue weighted by Gasteiger charge is 2.42. The second-order valence-corrected chi connectivity index (χ2v) is 5.65. The van der Waals surface area contributed by atoms with Gasteiger partial charge >= 0.3 is 6.18 Å². The molecule has 0 amide bonds. The van der Waals surface area contributed by atoms with Crippen LogP contribution in [-0.4, -0.2) is 25.2 Å². The maximum Gasteiger partial charge on any atom is 0.418 e.